The number of aromatic hydroxyl groups is 1. The number of aryl methyl sites for hydroxylation is 8. The zero-order chi connectivity index (χ0) is 86.1. The number of carbonyl (C=O) groups is 7. The zero-order valence-electron chi connectivity index (χ0n) is 68.7. The topological polar surface area (TPSA) is 433 Å². The minimum absolute atomic E-state index is 0. The van der Waals surface area contributed by atoms with E-state index in [0.717, 1.165) is 127 Å². The van der Waals surface area contributed by atoms with Gasteiger partial charge < -0.3 is 40.9 Å². The number of carbonyl (C=O) groups excluding carboxylic acids is 7. The fraction of sp³-hybridized carbons (Fsp3) is 0.396. The molecule has 0 aromatic heterocycles. The maximum Gasteiger partial charge on any atom is 1.00 e. The Morgan fingerprint density at radius 3 is 1.03 bits per heavy atom. The van der Waals surface area contributed by atoms with E-state index in [1.165, 1.54) is 68.7 Å². The molecule has 0 atom stereocenters. The average molecular weight is 1680 g/mol. The number of phenolic OH excluding ortho intramolecular Hbond substituents is 1. The van der Waals surface area contributed by atoms with E-state index in [4.69, 9.17) is 53.3 Å². The molecule has 8 aromatic carbocycles. The van der Waals surface area contributed by atoms with Crippen molar-refractivity contribution >= 4 is 73.6 Å². The van der Waals surface area contributed by atoms with Crippen LogP contribution in [-0.2, 0) is 61.8 Å². The van der Waals surface area contributed by atoms with E-state index < -0.39 is 20.2 Å². The molecule has 28 heteroatoms. The number of nitrogens with two attached hydrogens (primary N) is 2. The second kappa shape index (κ2) is 59.1. The van der Waals surface area contributed by atoms with Crippen LogP contribution < -0.4 is 55.2 Å². The van der Waals surface area contributed by atoms with Crippen LogP contribution in [-0.4, -0.2) is 91.3 Å². The van der Waals surface area contributed by atoms with E-state index in [2.05, 4.69) is 52.0 Å². The standard InChI is InChI=1S/C13H15NO4.C13H17NO2.C13H16O2.C10H11NO3.C10H13NO.C10H12O2.C10H12O.C8H10.4CH4.HNO2.Na.H2O4S/c1-3-9-6-12(14(16)17)11(8(2)15)7-13(9)18-10-4-5-10;1-3-9-6-12(14)11(8(2)15)7-13(9)16-10-4-5-10;1-3-10-4-5-11(9(2)14)8-13(10)15-12-6-7-12;1-3-8-4-5-9(7(2)12)6-10(8)11(13)14;1-3-8-4-5-9(7(2)12)6-10(8)11;1-3-8-4-5-9(7(2)11)6-10(8)12;1-3-9-4-6-10(7-5-9)8(2)11;1-2-8-6-4-3-5-7-8;;;;;2-1-3;;1-5(2,3)4/h6-7,10H,3-5H2,1-2H3;6-7,10H,3-5,14H2,1-2H3;4-5,8,12H,3,6-7H2,1-2H3;4-6H,3H2,1-2H3;4-6H,3,11H2,1-2H3;4-6,12H,3H2,1-2H3;4-7H,3H2,1-2H3;3-7H,2H2,1H3;4*1H4;(H,2,3);;(H2,1,2,3,4)/q;;;;;;;;;;;;;+1;/p-1. The Morgan fingerprint density at radius 1 is 0.395 bits per heavy atom. The summed E-state index contributed by atoms with van der Waals surface area (Å²) in [6.45, 7) is 26.6. The molecule has 0 spiro atoms. The van der Waals surface area contributed by atoms with Crippen LogP contribution >= 0.6 is 0 Å². The summed E-state index contributed by atoms with van der Waals surface area (Å²) < 4.78 is 48.9. The minimum atomic E-state index is -4.67. The van der Waals surface area contributed by atoms with Crippen LogP contribution in [0.25, 0.3) is 0 Å². The Morgan fingerprint density at radius 2 is 0.706 bits per heavy atom. The number of hydrogen-bond acceptors (Lipinski definition) is 22. The Labute approximate surface area is 725 Å². The molecule has 8 aromatic rings. The summed E-state index contributed by atoms with van der Waals surface area (Å²) in [5, 5.41) is 40.0. The number of phenols is 1. The third-order valence-corrected chi connectivity index (χ3v) is 17.3. The fourth-order valence-corrected chi connectivity index (χ4v) is 10.2. The van der Waals surface area contributed by atoms with Crippen molar-refractivity contribution in [2.75, 3.05) is 11.5 Å². The first kappa shape index (κ1) is 115. The Hall–Kier alpha value is -10.7. The van der Waals surface area contributed by atoms with Crippen molar-refractivity contribution in [1.29, 1.82) is 0 Å². The van der Waals surface area contributed by atoms with Crippen molar-refractivity contribution in [3.05, 3.63) is 265 Å². The smallest absolute Gasteiger partial charge is 0.508 e. The van der Waals surface area contributed by atoms with Crippen molar-refractivity contribution in [2.45, 2.75) is 242 Å². The maximum absolute atomic E-state index is 11.5. The molecule has 0 saturated heterocycles. The molecule has 26 nitrogen and oxygen atoms in total. The third kappa shape index (κ3) is 44.1. The van der Waals surface area contributed by atoms with E-state index in [9.17, 15) is 58.9 Å². The number of hydrogen-bond donors (Lipinski definition) is 5. The molecule has 0 radical (unpaired) electrons. The van der Waals surface area contributed by atoms with Gasteiger partial charge in [-0.15, -0.1) is 5.34 Å². The second-order valence-corrected chi connectivity index (χ2v) is 27.2. The molecule has 0 amide bonds. The van der Waals surface area contributed by atoms with Gasteiger partial charge >= 0.3 is 40.0 Å². The van der Waals surface area contributed by atoms with Gasteiger partial charge in [-0.05, 0) is 208 Å². The molecule has 3 aliphatic rings. The van der Waals surface area contributed by atoms with Gasteiger partial charge in [-0.1, -0.05) is 188 Å². The summed E-state index contributed by atoms with van der Waals surface area (Å²) in [4.78, 5) is 106. The number of Topliss-reactive ketones (excluding diaryl/α,β-unsaturated/α-hetero) is 7. The van der Waals surface area contributed by atoms with Crippen LogP contribution in [0.15, 0.2) is 157 Å². The van der Waals surface area contributed by atoms with Crippen LogP contribution in [0.3, 0.4) is 0 Å². The Balaban J connectivity index is -0.000000627. The predicted octanol–water partition coefficient (Wildman–Crippen LogP) is 18.9. The van der Waals surface area contributed by atoms with Crippen molar-refractivity contribution in [2.24, 2.45) is 5.34 Å². The minimum Gasteiger partial charge on any atom is -0.508 e. The first-order valence-corrected chi connectivity index (χ1v) is 38.9. The number of benzene rings is 8. The normalized spacial score (nSPS) is 11.3. The van der Waals surface area contributed by atoms with Crippen molar-refractivity contribution in [3.8, 4) is 23.0 Å². The zero-order valence-corrected chi connectivity index (χ0v) is 71.5. The van der Waals surface area contributed by atoms with Crippen LogP contribution in [0.4, 0.5) is 22.7 Å². The second-order valence-electron chi connectivity index (χ2n) is 26.3. The van der Waals surface area contributed by atoms with Gasteiger partial charge in [0.2, 0.25) is 0 Å². The molecular formula is C91H124N5NaO21S. The molecule has 0 aliphatic heterocycles. The van der Waals surface area contributed by atoms with E-state index in [1.807, 2.05) is 94.4 Å². The van der Waals surface area contributed by atoms with Crippen molar-refractivity contribution in [3.63, 3.8) is 0 Å². The summed E-state index contributed by atoms with van der Waals surface area (Å²) in [6, 6.07) is 45.6. The Kier molecular flexibility index (Phi) is 56.9. The van der Waals surface area contributed by atoms with Crippen LogP contribution in [0.2, 0.25) is 0 Å². The molecule has 0 unspecified atom stereocenters. The number of nitro benzene ring substituents is 2. The molecule has 3 saturated carbocycles. The SMILES string of the molecule is C.C.C.C.CCc1cc(N)c(C(C)=O)cc1OC1CC1.CCc1cc([N+](=O)[O-])c(C(C)=O)cc1OC1CC1.CCc1ccc(C(C)=O)cc1.CCc1ccc(C(C)=O)cc1N.CCc1ccc(C(C)=O)cc1O.CCc1ccc(C(C)=O)cc1OC1CC1.CCc1ccc(C(C)=O)cc1[N+](=O)[O-].CCc1ccccc1.O=N[O-].O=S(=O)(O)O.[Na+]. The fourth-order valence-electron chi connectivity index (χ4n) is 10.2. The molecule has 646 valence electrons. The van der Waals surface area contributed by atoms with Gasteiger partial charge in [0.05, 0.1) is 33.7 Å². The number of ether oxygens (including phenoxy) is 3. The monoisotopic (exact) mass is 1680 g/mol. The van der Waals surface area contributed by atoms with Gasteiger partial charge in [-0.25, -0.2) is 0 Å². The Bertz CT molecular complexity index is 4610. The predicted molar refractivity (Wildman–Crippen MR) is 472 cm³/mol. The van der Waals surface area contributed by atoms with E-state index in [1.54, 1.807) is 57.2 Å². The molecule has 119 heavy (non-hydrogen) atoms. The average Bonchev–Trinajstić information content (AvgIpc) is 1.67. The molecule has 11 rings (SSSR count). The third-order valence-electron chi connectivity index (χ3n) is 17.3. The summed E-state index contributed by atoms with van der Waals surface area (Å²) >= 11 is 0. The van der Waals surface area contributed by atoms with Gasteiger partial charge in [0.1, 0.15) is 23.0 Å². The van der Waals surface area contributed by atoms with Crippen molar-refractivity contribution < 1.29 is 110 Å². The number of nitro groups is 2. The van der Waals surface area contributed by atoms with E-state index in [-0.39, 0.29) is 129 Å². The van der Waals surface area contributed by atoms with Gasteiger partial charge in [0.15, 0.2) is 40.5 Å². The van der Waals surface area contributed by atoms with Gasteiger partial charge in [-0.2, -0.15) is 8.42 Å². The first-order chi connectivity index (χ1) is 53.8. The molecule has 7 N–H and O–H groups in total. The van der Waals surface area contributed by atoms with Crippen LogP contribution in [0.1, 0.15) is 289 Å². The number of ketones is 7. The number of rotatable bonds is 23. The number of anilines is 2. The van der Waals surface area contributed by atoms with E-state index in [0.29, 0.717) is 70.0 Å². The largest absolute Gasteiger partial charge is 1.00 e. The van der Waals surface area contributed by atoms with Crippen LogP contribution in [0.5, 0.6) is 23.0 Å². The maximum atomic E-state index is 11.5. The van der Waals surface area contributed by atoms with Gasteiger partial charge in [0.25, 0.3) is 11.4 Å². The van der Waals surface area contributed by atoms with Gasteiger partial charge in [-0.3, -0.25) is 62.9 Å². The van der Waals surface area contributed by atoms with Gasteiger partial charge in [0, 0.05) is 68.0 Å². The van der Waals surface area contributed by atoms with E-state index >= 15 is 0 Å². The molecule has 3 fully saturated rings. The summed E-state index contributed by atoms with van der Waals surface area (Å²) in [5.41, 5.74) is 24.9. The summed E-state index contributed by atoms with van der Waals surface area (Å²) in [6.07, 6.45) is 14.4. The molecule has 0 bridgehead atoms. The molecule has 0 heterocycles. The van der Waals surface area contributed by atoms with Crippen LogP contribution in [0, 0.1) is 30.3 Å². The first-order valence-electron chi connectivity index (χ1n) is 37.5. The quantitative estimate of drug-likeness (QED) is 0.00755. The molecule has 3 aliphatic carbocycles. The number of nitrogens with zero attached hydrogens (tertiary/aromatic N) is 3. The molecular weight excluding hydrogens is 1550 g/mol. The summed E-state index contributed by atoms with van der Waals surface area (Å²) in [5.74, 6) is 2.32. The number of nitrogen functional groups attached to an aromatic ring is 2. The van der Waals surface area contributed by atoms with Crippen molar-refractivity contribution in [1.82, 2.24) is 0 Å². The summed E-state index contributed by atoms with van der Waals surface area (Å²) in [7, 11) is -4.67.